The highest BCUT2D eigenvalue weighted by Crippen LogP contribution is 2.40. The van der Waals surface area contributed by atoms with E-state index < -0.39 is 0 Å². The second kappa shape index (κ2) is 6.53. The van der Waals surface area contributed by atoms with E-state index in [9.17, 15) is 4.79 Å². The Morgan fingerprint density at radius 1 is 1.44 bits per heavy atom. The Bertz CT molecular complexity index is 462. The molecule has 0 aliphatic heterocycles. The average molecular weight is 245 g/mol. The SMILES string of the molecule is [2H]C(=C\C=O)/C=C(C)/C=C/C1=C(C)CCCC1(C)C. The van der Waals surface area contributed by atoms with Gasteiger partial charge in [-0.15, -0.1) is 0 Å². The van der Waals surface area contributed by atoms with E-state index in [1.807, 2.05) is 13.0 Å². The first kappa shape index (κ1) is 13.1. The van der Waals surface area contributed by atoms with Gasteiger partial charge in [0.05, 0.1) is 1.37 Å². The van der Waals surface area contributed by atoms with Gasteiger partial charge in [-0.1, -0.05) is 49.3 Å². The van der Waals surface area contributed by atoms with Gasteiger partial charge < -0.3 is 0 Å². The second-order valence-electron chi connectivity index (χ2n) is 5.62. The van der Waals surface area contributed by atoms with Gasteiger partial charge in [0.1, 0.15) is 6.29 Å². The van der Waals surface area contributed by atoms with Crippen molar-refractivity contribution in [3.8, 4) is 0 Å². The molecule has 1 heteroatoms. The Morgan fingerprint density at radius 3 is 2.78 bits per heavy atom. The zero-order chi connectivity index (χ0) is 14.5. The van der Waals surface area contributed by atoms with Crippen LogP contribution >= 0.6 is 0 Å². The number of allylic oxidation sites excluding steroid dienone is 8. The van der Waals surface area contributed by atoms with Crippen molar-refractivity contribution in [2.24, 2.45) is 5.41 Å². The summed E-state index contributed by atoms with van der Waals surface area (Å²) in [4.78, 5) is 10.3. The maximum absolute atomic E-state index is 10.3. The summed E-state index contributed by atoms with van der Waals surface area (Å²) in [5.41, 5.74) is 4.11. The fourth-order valence-corrected chi connectivity index (χ4v) is 2.49. The van der Waals surface area contributed by atoms with E-state index in [-0.39, 0.29) is 11.5 Å². The third-order valence-electron chi connectivity index (χ3n) is 3.53. The van der Waals surface area contributed by atoms with Gasteiger partial charge in [0.2, 0.25) is 0 Å². The third-order valence-corrected chi connectivity index (χ3v) is 3.53. The van der Waals surface area contributed by atoms with Crippen molar-refractivity contribution in [3.05, 3.63) is 47.1 Å². The van der Waals surface area contributed by atoms with Crippen LogP contribution in [0.15, 0.2) is 47.1 Å². The lowest BCUT2D eigenvalue weighted by atomic mass is 9.72. The predicted octanol–water partition coefficient (Wildman–Crippen LogP) is 4.77. The zero-order valence-corrected chi connectivity index (χ0v) is 11.9. The fourth-order valence-electron chi connectivity index (χ4n) is 2.49. The lowest BCUT2D eigenvalue weighted by Gasteiger charge is -2.32. The van der Waals surface area contributed by atoms with E-state index in [0.29, 0.717) is 6.29 Å². The summed E-state index contributed by atoms with van der Waals surface area (Å²) >= 11 is 0. The summed E-state index contributed by atoms with van der Waals surface area (Å²) in [7, 11) is 0. The molecule has 1 aliphatic carbocycles. The molecule has 0 aromatic rings. The lowest BCUT2D eigenvalue weighted by Crippen LogP contribution is -2.19. The highest BCUT2D eigenvalue weighted by molar-refractivity contribution is 5.65. The van der Waals surface area contributed by atoms with E-state index in [1.165, 1.54) is 36.5 Å². The Kier molecular flexibility index (Phi) is 4.74. The standard InChI is InChI=1S/C17H24O/c1-14(8-5-6-13-18)10-11-16-15(2)9-7-12-17(16,3)4/h5-6,8,10-11,13H,7,9,12H2,1-4H3/b6-5+,11-10+,14-8+/i5D. The molecule has 0 spiro atoms. The molecule has 0 saturated heterocycles. The molecular weight excluding hydrogens is 220 g/mol. The molecule has 0 amide bonds. The van der Waals surface area contributed by atoms with Gasteiger partial charge in [0.15, 0.2) is 0 Å². The van der Waals surface area contributed by atoms with Crippen LogP contribution in [0.25, 0.3) is 0 Å². The first-order valence-corrected chi connectivity index (χ1v) is 6.55. The molecule has 0 unspecified atom stereocenters. The molecule has 0 fully saturated rings. The van der Waals surface area contributed by atoms with Crippen molar-refractivity contribution in [2.75, 3.05) is 0 Å². The van der Waals surface area contributed by atoms with Crippen LogP contribution in [0.3, 0.4) is 0 Å². The van der Waals surface area contributed by atoms with Gasteiger partial charge in [0.25, 0.3) is 0 Å². The van der Waals surface area contributed by atoms with Crippen molar-refractivity contribution in [1.29, 1.82) is 0 Å². The summed E-state index contributed by atoms with van der Waals surface area (Å²) in [6.45, 7) is 8.74. The maximum atomic E-state index is 10.3. The molecule has 18 heavy (non-hydrogen) atoms. The molecule has 0 heterocycles. The van der Waals surface area contributed by atoms with Gasteiger partial charge in [-0.05, 0) is 50.2 Å². The summed E-state index contributed by atoms with van der Waals surface area (Å²) in [5.74, 6) is 0. The molecule has 98 valence electrons. The number of aldehydes is 1. The molecule has 1 aliphatic rings. The highest BCUT2D eigenvalue weighted by atomic mass is 16.1. The van der Waals surface area contributed by atoms with Gasteiger partial charge in [0, 0.05) is 0 Å². The Hall–Kier alpha value is -1.37. The van der Waals surface area contributed by atoms with Crippen molar-refractivity contribution >= 4 is 6.29 Å². The Balaban J connectivity index is 2.92. The number of hydrogen-bond acceptors (Lipinski definition) is 1. The summed E-state index contributed by atoms with van der Waals surface area (Å²) < 4.78 is 7.55. The molecule has 0 aromatic heterocycles. The molecule has 0 bridgehead atoms. The average Bonchev–Trinajstić information content (AvgIpc) is 2.27. The smallest absolute Gasteiger partial charge is 0.142 e. The normalized spacial score (nSPS) is 22.3. The number of carbonyl (C=O) groups is 1. The summed E-state index contributed by atoms with van der Waals surface area (Å²) in [6.07, 6.45) is 11.5. The van der Waals surface area contributed by atoms with Crippen LogP contribution in [0.4, 0.5) is 0 Å². The highest BCUT2D eigenvalue weighted by Gasteiger charge is 2.26. The van der Waals surface area contributed by atoms with E-state index in [2.05, 4.69) is 26.8 Å². The van der Waals surface area contributed by atoms with Crippen molar-refractivity contribution in [2.45, 2.75) is 47.0 Å². The molecule has 1 rings (SSSR count). The Labute approximate surface area is 112 Å². The molecule has 0 atom stereocenters. The largest absolute Gasteiger partial charge is 0.299 e. The Morgan fingerprint density at radius 2 is 2.17 bits per heavy atom. The second-order valence-corrected chi connectivity index (χ2v) is 5.62. The van der Waals surface area contributed by atoms with Crippen LogP contribution in [0.1, 0.15) is 48.3 Å². The van der Waals surface area contributed by atoms with Crippen LogP contribution in [0, 0.1) is 5.41 Å². The molecule has 1 nitrogen and oxygen atoms in total. The molecule has 0 radical (unpaired) electrons. The molecule has 0 aromatic carbocycles. The van der Waals surface area contributed by atoms with Crippen molar-refractivity contribution in [3.63, 3.8) is 0 Å². The topological polar surface area (TPSA) is 17.1 Å². The van der Waals surface area contributed by atoms with Crippen LogP contribution in [-0.4, -0.2) is 6.29 Å². The molecule has 0 N–H and O–H groups in total. The maximum Gasteiger partial charge on any atom is 0.142 e. The van der Waals surface area contributed by atoms with Crippen LogP contribution in [0.5, 0.6) is 0 Å². The number of carbonyl (C=O) groups excluding carboxylic acids is 1. The van der Waals surface area contributed by atoms with Crippen LogP contribution < -0.4 is 0 Å². The number of hydrogen-bond donors (Lipinski definition) is 0. The number of rotatable bonds is 4. The predicted molar refractivity (Wildman–Crippen MR) is 78.4 cm³/mol. The minimum absolute atomic E-state index is 0.238. The minimum Gasteiger partial charge on any atom is -0.299 e. The summed E-state index contributed by atoms with van der Waals surface area (Å²) in [6, 6.07) is 0.241. The van der Waals surface area contributed by atoms with Gasteiger partial charge >= 0.3 is 0 Å². The third kappa shape index (κ3) is 4.14. The quantitative estimate of drug-likeness (QED) is 0.396. The van der Waals surface area contributed by atoms with Gasteiger partial charge in [-0.2, -0.15) is 0 Å². The van der Waals surface area contributed by atoms with E-state index in [4.69, 9.17) is 1.37 Å². The summed E-state index contributed by atoms with van der Waals surface area (Å²) in [5, 5.41) is 0. The lowest BCUT2D eigenvalue weighted by molar-refractivity contribution is -0.104. The first-order chi connectivity index (χ1) is 8.86. The molecule has 0 saturated carbocycles. The minimum atomic E-state index is 0.238. The van der Waals surface area contributed by atoms with Crippen molar-refractivity contribution in [1.82, 2.24) is 0 Å². The van der Waals surface area contributed by atoms with Gasteiger partial charge in [-0.25, -0.2) is 0 Å². The van der Waals surface area contributed by atoms with Crippen molar-refractivity contribution < 1.29 is 6.17 Å². The van der Waals surface area contributed by atoms with E-state index in [1.54, 1.807) is 6.08 Å². The molecular formula is C17H24O. The monoisotopic (exact) mass is 245 g/mol. The zero-order valence-electron chi connectivity index (χ0n) is 12.9. The van der Waals surface area contributed by atoms with Gasteiger partial charge in [-0.3, -0.25) is 4.79 Å². The first-order valence-electron chi connectivity index (χ1n) is 7.05. The van der Waals surface area contributed by atoms with Crippen LogP contribution in [-0.2, 0) is 4.79 Å². The van der Waals surface area contributed by atoms with Crippen LogP contribution in [0.2, 0.25) is 0 Å². The van der Waals surface area contributed by atoms with E-state index in [0.717, 1.165) is 5.57 Å². The fraction of sp³-hybridized carbons (Fsp3) is 0.471. The van der Waals surface area contributed by atoms with E-state index >= 15 is 0 Å².